The Kier molecular flexibility index (Phi) is 11.6. The summed E-state index contributed by atoms with van der Waals surface area (Å²) in [6.07, 6.45) is 2.72. The number of benzene rings is 2. The van der Waals surface area contributed by atoms with E-state index in [-0.39, 0.29) is 42.1 Å². The standard InChI is InChI=1S/C31H36N10O7/c1-17(38-29(45)21(32)11-19-7-9-20(42)10-8-19)28(44)34-13-24(43)39-22(12-18-5-3-2-4-6-18)30(46)40-23(31(47)48)14-41-16-37-25-26(33)35-15-36-27(25)41/h2-10,15-17,21-23,42H,11-14,32H2,1H3,(H,34,44)(H,38,45)(H,39,43)(H,40,46)(H,47,48)(H2,33,35,36)/t17-,21+,22+,23?/m1/s1. The predicted octanol–water partition coefficient (Wildman–Crippen LogP) is -1.40. The third-order valence-corrected chi connectivity index (χ3v) is 7.26. The van der Waals surface area contributed by atoms with Gasteiger partial charge in [-0.25, -0.2) is 19.7 Å². The molecule has 4 rings (SSSR count). The summed E-state index contributed by atoms with van der Waals surface area (Å²) in [4.78, 5) is 75.7. The Labute approximate surface area is 274 Å². The van der Waals surface area contributed by atoms with Crippen molar-refractivity contribution in [3.05, 3.63) is 78.4 Å². The molecule has 4 amide bonds. The molecular formula is C31H36N10O7. The molecule has 4 aromatic rings. The summed E-state index contributed by atoms with van der Waals surface area (Å²) in [5.41, 5.74) is 13.7. The average Bonchev–Trinajstić information content (AvgIpc) is 3.48. The van der Waals surface area contributed by atoms with E-state index >= 15 is 0 Å². The lowest BCUT2D eigenvalue weighted by atomic mass is 10.0. The predicted molar refractivity (Wildman–Crippen MR) is 172 cm³/mol. The zero-order chi connectivity index (χ0) is 34.8. The Balaban J connectivity index is 1.35. The van der Waals surface area contributed by atoms with Crippen LogP contribution >= 0.6 is 0 Å². The summed E-state index contributed by atoms with van der Waals surface area (Å²) in [7, 11) is 0. The van der Waals surface area contributed by atoms with E-state index in [9.17, 15) is 34.2 Å². The number of rotatable bonds is 15. The molecule has 0 spiro atoms. The minimum absolute atomic E-state index is 0.0157. The van der Waals surface area contributed by atoms with Gasteiger partial charge in [-0.05, 0) is 36.6 Å². The van der Waals surface area contributed by atoms with Crippen LogP contribution in [0.15, 0.2) is 67.3 Å². The van der Waals surface area contributed by atoms with Crippen molar-refractivity contribution in [1.82, 2.24) is 40.8 Å². The Hall–Kier alpha value is -6.10. The van der Waals surface area contributed by atoms with Crippen molar-refractivity contribution in [1.29, 1.82) is 0 Å². The lowest BCUT2D eigenvalue weighted by Crippen LogP contribution is -2.55. The molecule has 0 radical (unpaired) electrons. The van der Waals surface area contributed by atoms with Crippen LogP contribution in [-0.4, -0.2) is 90.0 Å². The Morgan fingerprint density at radius 1 is 0.833 bits per heavy atom. The van der Waals surface area contributed by atoms with Crippen molar-refractivity contribution in [3.8, 4) is 5.75 Å². The summed E-state index contributed by atoms with van der Waals surface area (Å²) in [6.45, 7) is 0.625. The fourth-order valence-corrected chi connectivity index (χ4v) is 4.68. The van der Waals surface area contributed by atoms with Crippen LogP contribution < -0.4 is 32.7 Å². The molecule has 0 aliphatic carbocycles. The van der Waals surface area contributed by atoms with Crippen molar-refractivity contribution in [2.24, 2.45) is 5.73 Å². The van der Waals surface area contributed by atoms with Crippen molar-refractivity contribution in [2.75, 3.05) is 12.3 Å². The summed E-state index contributed by atoms with van der Waals surface area (Å²) >= 11 is 0. The molecule has 0 aliphatic rings. The third-order valence-electron chi connectivity index (χ3n) is 7.26. The number of nitrogen functional groups attached to an aromatic ring is 1. The molecule has 0 aliphatic heterocycles. The Morgan fingerprint density at radius 3 is 2.21 bits per heavy atom. The molecule has 0 saturated heterocycles. The molecule has 48 heavy (non-hydrogen) atoms. The number of nitrogens with one attached hydrogen (secondary N) is 4. The lowest BCUT2D eigenvalue weighted by Gasteiger charge is -2.22. The van der Waals surface area contributed by atoms with Gasteiger partial charge in [0.05, 0.1) is 25.5 Å². The zero-order valence-corrected chi connectivity index (χ0v) is 25.9. The van der Waals surface area contributed by atoms with Crippen LogP contribution in [0.25, 0.3) is 11.2 Å². The second-order valence-electron chi connectivity index (χ2n) is 11.0. The fourth-order valence-electron chi connectivity index (χ4n) is 4.68. The topological polar surface area (TPSA) is 270 Å². The monoisotopic (exact) mass is 660 g/mol. The number of carboxylic acid groups (broad SMARTS) is 1. The minimum Gasteiger partial charge on any atom is -0.508 e. The first kappa shape index (κ1) is 34.8. The first-order chi connectivity index (χ1) is 22.9. The number of aliphatic carboxylic acids is 1. The van der Waals surface area contributed by atoms with E-state index in [0.717, 1.165) is 0 Å². The van der Waals surface area contributed by atoms with Gasteiger partial charge in [0, 0.05) is 6.42 Å². The zero-order valence-electron chi connectivity index (χ0n) is 25.9. The molecular weight excluding hydrogens is 624 g/mol. The van der Waals surface area contributed by atoms with E-state index in [1.54, 1.807) is 42.5 Å². The molecule has 0 fully saturated rings. The van der Waals surface area contributed by atoms with Gasteiger partial charge in [0.15, 0.2) is 11.5 Å². The normalized spacial score (nSPS) is 13.5. The van der Waals surface area contributed by atoms with Crippen molar-refractivity contribution >= 4 is 46.6 Å². The van der Waals surface area contributed by atoms with Gasteiger partial charge in [-0.3, -0.25) is 19.2 Å². The number of aromatic hydroxyl groups is 1. The second-order valence-corrected chi connectivity index (χ2v) is 11.0. The van der Waals surface area contributed by atoms with Crippen LogP contribution in [0.3, 0.4) is 0 Å². The highest BCUT2D eigenvalue weighted by atomic mass is 16.4. The largest absolute Gasteiger partial charge is 0.508 e. The first-order valence-corrected chi connectivity index (χ1v) is 14.8. The number of carbonyl (C=O) groups is 5. The number of phenols is 1. The van der Waals surface area contributed by atoms with E-state index < -0.39 is 60.3 Å². The number of hydrogen-bond acceptors (Lipinski definition) is 11. The molecule has 2 aromatic carbocycles. The highest BCUT2D eigenvalue weighted by Crippen LogP contribution is 2.15. The van der Waals surface area contributed by atoms with E-state index in [1.807, 2.05) is 0 Å². The van der Waals surface area contributed by atoms with Gasteiger partial charge in [0.1, 0.15) is 35.7 Å². The van der Waals surface area contributed by atoms with Gasteiger partial charge in [-0.15, -0.1) is 0 Å². The highest BCUT2D eigenvalue weighted by molar-refractivity contribution is 5.94. The fraction of sp³-hybridized carbons (Fsp3) is 0.290. The van der Waals surface area contributed by atoms with E-state index in [0.29, 0.717) is 11.1 Å². The molecule has 0 saturated carbocycles. The van der Waals surface area contributed by atoms with Gasteiger partial charge in [0.2, 0.25) is 23.6 Å². The number of hydrogen-bond donors (Lipinski definition) is 8. The maximum Gasteiger partial charge on any atom is 0.328 e. The quantitative estimate of drug-likeness (QED) is 0.0732. The van der Waals surface area contributed by atoms with Crippen LogP contribution in [0.2, 0.25) is 0 Å². The maximum absolute atomic E-state index is 13.4. The third kappa shape index (κ3) is 9.46. The van der Waals surface area contributed by atoms with Crippen LogP contribution in [0.1, 0.15) is 18.1 Å². The molecule has 1 unspecified atom stereocenters. The summed E-state index contributed by atoms with van der Waals surface area (Å²) in [5, 5.41) is 29.2. The lowest BCUT2D eigenvalue weighted by molar-refractivity contribution is -0.142. The number of carbonyl (C=O) groups excluding carboxylic acids is 4. The molecule has 10 N–H and O–H groups in total. The highest BCUT2D eigenvalue weighted by Gasteiger charge is 2.28. The number of fused-ring (bicyclic) bond motifs is 1. The number of phenolic OH excluding ortho intramolecular Hbond substituents is 1. The summed E-state index contributed by atoms with van der Waals surface area (Å²) < 4.78 is 1.41. The van der Waals surface area contributed by atoms with E-state index in [1.165, 1.54) is 36.3 Å². The number of nitrogens with zero attached hydrogens (tertiary/aromatic N) is 4. The van der Waals surface area contributed by atoms with Gasteiger partial charge in [-0.1, -0.05) is 42.5 Å². The maximum atomic E-state index is 13.4. The van der Waals surface area contributed by atoms with Crippen molar-refractivity contribution < 1.29 is 34.2 Å². The number of amides is 4. The molecule has 2 aromatic heterocycles. The molecule has 252 valence electrons. The molecule has 4 atom stereocenters. The van der Waals surface area contributed by atoms with E-state index in [2.05, 4.69) is 36.2 Å². The van der Waals surface area contributed by atoms with Gasteiger partial charge in [0.25, 0.3) is 0 Å². The van der Waals surface area contributed by atoms with Gasteiger partial charge in [-0.2, -0.15) is 0 Å². The van der Waals surface area contributed by atoms with Crippen LogP contribution in [0, 0.1) is 0 Å². The summed E-state index contributed by atoms with van der Waals surface area (Å²) in [5.74, 6) is -3.95. The second kappa shape index (κ2) is 15.9. The number of imidazole rings is 1. The Bertz CT molecular complexity index is 1760. The number of aromatic nitrogens is 4. The van der Waals surface area contributed by atoms with Crippen molar-refractivity contribution in [3.63, 3.8) is 0 Å². The minimum atomic E-state index is -1.44. The van der Waals surface area contributed by atoms with Crippen LogP contribution in [-0.2, 0) is 43.4 Å². The van der Waals surface area contributed by atoms with E-state index in [4.69, 9.17) is 11.5 Å². The number of nitrogens with two attached hydrogens (primary N) is 2. The summed E-state index contributed by atoms with van der Waals surface area (Å²) in [6, 6.07) is 10.3. The van der Waals surface area contributed by atoms with Gasteiger partial charge >= 0.3 is 5.97 Å². The molecule has 17 nitrogen and oxygen atoms in total. The molecule has 0 bridgehead atoms. The van der Waals surface area contributed by atoms with Gasteiger partial charge < -0.3 is 47.5 Å². The SMILES string of the molecule is C[C@@H](NC(=O)[C@@H](N)Cc1ccc(O)cc1)C(=O)NCC(=O)N[C@@H](Cc1ccccc1)C(=O)NC(Cn1cnc2c(N)ncnc21)C(=O)O. The van der Waals surface area contributed by atoms with Crippen LogP contribution in [0.5, 0.6) is 5.75 Å². The average molecular weight is 661 g/mol. The number of carboxylic acids is 1. The number of anilines is 1. The van der Waals surface area contributed by atoms with Crippen molar-refractivity contribution in [2.45, 2.75) is 50.5 Å². The first-order valence-electron chi connectivity index (χ1n) is 14.8. The van der Waals surface area contributed by atoms with Crippen LogP contribution in [0.4, 0.5) is 5.82 Å². The molecule has 17 heteroatoms. The Morgan fingerprint density at radius 2 is 1.52 bits per heavy atom. The smallest absolute Gasteiger partial charge is 0.328 e. The molecule has 2 heterocycles.